The molecule has 0 fully saturated rings. The van der Waals surface area contributed by atoms with Gasteiger partial charge in [0.25, 0.3) is 0 Å². The molecular weight excluding hydrogens is 368 g/mol. The number of nitrogens with zero attached hydrogens (tertiary/aromatic N) is 4. The molecule has 0 atom stereocenters. The Labute approximate surface area is 161 Å². The van der Waals surface area contributed by atoms with E-state index in [1.807, 2.05) is 12.1 Å². The van der Waals surface area contributed by atoms with E-state index in [1.54, 1.807) is 36.7 Å². The summed E-state index contributed by atoms with van der Waals surface area (Å²) in [6, 6.07) is 10.8. The van der Waals surface area contributed by atoms with E-state index in [0.717, 1.165) is 23.1 Å². The van der Waals surface area contributed by atoms with Gasteiger partial charge in [-0.25, -0.2) is 0 Å². The van der Waals surface area contributed by atoms with Crippen LogP contribution in [0.25, 0.3) is 11.4 Å². The van der Waals surface area contributed by atoms with E-state index >= 15 is 0 Å². The summed E-state index contributed by atoms with van der Waals surface area (Å²) in [5.74, 6) is 1.56. The van der Waals surface area contributed by atoms with Gasteiger partial charge in [-0.3, -0.25) is 9.78 Å². The minimum Gasteiger partial charge on any atom is -0.302 e. The van der Waals surface area contributed by atoms with Crippen LogP contribution in [0.5, 0.6) is 0 Å². The number of halogens is 1. The van der Waals surface area contributed by atoms with Crippen molar-refractivity contribution in [1.29, 1.82) is 0 Å². The summed E-state index contributed by atoms with van der Waals surface area (Å²) in [5.41, 5.74) is 1.61. The molecule has 134 valence electrons. The van der Waals surface area contributed by atoms with Gasteiger partial charge in [0.2, 0.25) is 0 Å². The van der Waals surface area contributed by atoms with Crippen molar-refractivity contribution in [3.8, 4) is 11.4 Å². The molecule has 1 aromatic carbocycles. The van der Waals surface area contributed by atoms with Crippen molar-refractivity contribution in [2.24, 2.45) is 5.92 Å². The molecule has 3 rings (SSSR count). The van der Waals surface area contributed by atoms with E-state index in [0.29, 0.717) is 22.3 Å². The van der Waals surface area contributed by atoms with Gasteiger partial charge in [-0.15, -0.1) is 10.2 Å². The summed E-state index contributed by atoms with van der Waals surface area (Å²) in [4.78, 5) is 16.5. The van der Waals surface area contributed by atoms with Gasteiger partial charge < -0.3 is 4.57 Å². The van der Waals surface area contributed by atoms with Crippen molar-refractivity contribution in [3.05, 3.63) is 59.4 Å². The van der Waals surface area contributed by atoms with Gasteiger partial charge >= 0.3 is 0 Å². The molecule has 26 heavy (non-hydrogen) atoms. The Morgan fingerprint density at radius 1 is 1.12 bits per heavy atom. The largest absolute Gasteiger partial charge is 0.302 e. The lowest BCUT2D eigenvalue weighted by Crippen LogP contribution is -2.09. The zero-order chi connectivity index (χ0) is 18.5. The Hall–Kier alpha value is -2.18. The second-order valence-corrected chi connectivity index (χ2v) is 7.64. The summed E-state index contributed by atoms with van der Waals surface area (Å²) >= 11 is 7.28. The van der Waals surface area contributed by atoms with Gasteiger partial charge in [0.15, 0.2) is 16.8 Å². The van der Waals surface area contributed by atoms with Crippen LogP contribution in [0.4, 0.5) is 0 Å². The number of pyridine rings is 1. The van der Waals surface area contributed by atoms with Crippen molar-refractivity contribution in [2.45, 2.75) is 25.5 Å². The first-order chi connectivity index (χ1) is 12.5. The maximum absolute atomic E-state index is 12.4. The SMILES string of the molecule is CC(C)Cn1c(SCC(=O)c2ccc(Cl)cc2)nnc1-c1ccncc1. The van der Waals surface area contributed by atoms with Crippen LogP contribution in [-0.2, 0) is 6.54 Å². The predicted molar refractivity (Wildman–Crippen MR) is 105 cm³/mol. The summed E-state index contributed by atoms with van der Waals surface area (Å²) in [7, 11) is 0. The van der Waals surface area contributed by atoms with Crippen molar-refractivity contribution < 1.29 is 4.79 Å². The Morgan fingerprint density at radius 3 is 2.46 bits per heavy atom. The van der Waals surface area contributed by atoms with Gasteiger partial charge in [0.05, 0.1) is 5.75 Å². The van der Waals surface area contributed by atoms with E-state index in [2.05, 4.69) is 33.6 Å². The maximum atomic E-state index is 12.4. The quantitative estimate of drug-likeness (QED) is 0.437. The molecule has 0 aliphatic carbocycles. The topological polar surface area (TPSA) is 60.7 Å². The van der Waals surface area contributed by atoms with Gasteiger partial charge in [0.1, 0.15) is 0 Å². The first kappa shape index (κ1) is 18.6. The zero-order valence-corrected chi connectivity index (χ0v) is 16.2. The number of rotatable bonds is 7. The third-order valence-corrected chi connectivity index (χ3v) is 4.92. The first-order valence-corrected chi connectivity index (χ1v) is 9.66. The van der Waals surface area contributed by atoms with Crippen LogP contribution in [0.1, 0.15) is 24.2 Å². The fraction of sp³-hybridized carbons (Fsp3) is 0.263. The molecule has 0 aliphatic heterocycles. The smallest absolute Gasteiger partial charge is 0.191 e. The molecule has 0 amide bonds. The lowest BCUT2D eigenvalue weighted by molar-refractivity contribution is 0.102. The maximum Gasteiger partial charge on any atom is 0.191 e. The monoisotopic (exact) mass is 386 g/mol. The Kier molecular flexibility index (Phi) is 6.06. The minimum absolute atomic E-state index is 0.0382. The molecule has 0 saturated carbocycles. The fourth-order valence-electron chi connectivity index (χ4n) is 2.49. The molecule has 0 unspecified atom stereocenters. The van der Waals surface area contributed by atoms with Crippen LogP contribution in [0, 0.1) is 5.92 Å². The number of thioether (sulfide) groups is 1. The molecule has 5 nitrogen and oxygen atoms in total. The van der Waals surface area contributed by atoms with E-state index in [-0.39, 0.29) is 5.78 Å². The van der Waals surface area contributed by atoms with Gasteiger partial charge in [-0.1, -0.05) is 37.2 Å². The van der Waals surface area contributed by atoms with Crippen LogP contribution >= 0.6 is 23.4 Å². The van der Waals surface area contributed by atoms with Crippen molar-refractivity contribution in [3.63, 3.8) is 0 Å². The summed E-state index contributed by atoms with van der Waals surface area (Å²) in [6.07, 6.45) is 3.47. The molecule has 0 bridgehead atoms. The summed E-state index contributed by atoms with van der Waals surface area (Å²) in [6.45, 7) is 5.06. The summed E-state index contributed by atoms with van der Waals surface area (Å²) in [5, 5.41) is 10.0. The van der Waals surface area contributed by atoms with Crippen LogP contribution in [0.15, 0.2) is 53.9 Å². The Bertz CT molecular complexity index is 878. The number of aromatic nitrogens is 4. The number of hydrogen-bond donors (Lipinski definition) is 0. The van der Waals surface area contributed by atoms with E-state index in [4.69, 9.17) is 11.6 Å². The molecule has 3 aromatic rings. The fourth-order valence-corrected chi connectivity index (χ4v) is 3.46. The van der Waals surface area contributed by atoms with Crippen LogP contribution in [-0.4, -0.2) is 31.3 Å². The zero-order valence-electron chi connectivity index (χ0n) is 14.6. The third kappa shape index (κ3) is 4.51. The third-order valence-electron chi connectivity index (χ3n) is 3.70. The first-order valence-electron chi connectivity index (χ1n) is 8.29. The number of benzene rings is 1. The average Bonchev–Trinajstić information content (AvgIpc) is 3.03. The van der Waals surface area contributed by atoms with Crippen molar-refractivity contribution in [2.75, 3.05) is 5.75 Å². The molecule has 2 aromatic heterocycles. The molecular formula is C19H19ClN4OS. The molecule has 0 radical (unpaired) electrons. The van der Waals surface area contributed by atoms with Crippen LogP contribution < -0.4 is 0 Å². The highest BCUT2D eigenvalue weighted by Gasteiger charge is 2.17. The second kappa shape index (κ2) is 8.47. The number of carbonyl (C=O) groups excluding carboxylic acids is 1. The molecule has 0 spiro atoms. The second-order valence-electron chi connectivity index (χ2n) is 6.27. The number of Topliss-reactive ketones (excluding diaryl/α,β-unsaturated/α-hetero) is 1. The van der Waals surface area contributed by atoms with E-state index in [9.17, 15) is 4.79 Å². The van der Waals surface area contributed by atoms with E-state index < -0.39 is 0 Å². The molecule has 0 saturated heterocycles. The highest BCUT2D eigenvalue weighted by Crippen LogP contribution is 2.25. The minimum atomic E-state index is 0.0382. The highest BCUT2D eigenvalue weighted by molar-refractivity contribution is 7.99. The number of hydrogen-bond acceptors (Lipinski definition) is 5. The van der Waals surface area contributed by atoms with Crippen LogP contribution in [0.3, 0.4) is 0 Å². The normalized spacial score (nSPS) is 11.1. The summed E-state index contributed by atoms with van der Waals surface area (Å²) < 4.78 is 2.07. The molecule has 0 aliphatic rings. The Balaban J connectivity index is 1.80. The predicted octanol–water partition coefficient (Wildman–Crippen LogP) is 4.62. The van der Waals surface area contributed by atoms with Gasteiger partial charge in [0, 0.05) is 35.1 Å². The van der Waals surface area contributed by atoms with E-state index in [1.165, 1.54) is 11.8 Å². The average molecular weight is 387 g/mol. The van der Waals surface area contributed by atoms with Crippen molar-refractivity contribution >= 4 is 29.1 Å². The standard InChI is InChI=1S/C19H19ClN4OS/c1-13(2)11-24-18(15-7-9-21-10-8-15)22-23-19(24)26-12-17(25)14-3-5-16(20)6-4-14/h3-10,13H,11-12H2,1-2H3. The van der Waals surface area contributed by atoms with Gasteiger partial charge in [-0.05, 0) is 42.3 Å². The highest BCUT2D eigenvalue weighted by atomic mass is 35.5. The molecule has 0 N–H and O–H groups in total. The number of ketones is 1. The van der Waals surface area contributed by atoms with Crippen LogP contribution in [0.2, 0.25) is 5.02 Å². The lowest BCUT2D eigenvalue weighted by Gasteiger charge is -2.12. The van der Waals surface area contributed by atoms with Crippen molar-refractivity contribution in [1.82, 2.24) is 19.7 Å². The molecule has 7 heteroatoms. The molecule has 2 heterocycles. The lowest BCUT2D eigenvalue weighted by atomic mass is 10.1. The van der Waals surface area contributed by atoms with Gasteiger partial charge in [-0.2, -0.15) is 0 Å². The Morgan fingerprint density at radius 2 is 1.81 bits per heavy atom. The number of carbonyl (C=O) groups is 1.